The Morgan fingerprint density at radius 1 is 1.10 bits per heavy atom. The summed E-state index contributed by atoms with van der Waals surface area (Å²) in [6, 6.07) is 9.38. The molecule has 0 radical (unpaired) electrons. The van der Waals surface area contributed by atoms with Crippen molar-refractivity contribution in [3.63, 3.8) is 0 Å². The van der Waals surface area contributed by atoms with Crippen LogP contribution < -0.4 is 5.73 Å². The number of carbonyl (C=O) groups is 1. The van der Waals surface area contributed by atoms with Crippen LogP contribution in [0.1, 0.15) is 21.5 Å². The fraction of sp³-hybridized carbons (Fsp3) is 0.133. The Morgan fingerprint density at radius 2 is 1.71 bits per heavy atom. The van der Waals surface area contributed by atoms with Crippen molar-refractivity contribution in [2.24, 2.45) is 0 Å². The van der Waals surface area contributed by atoms with Crippen LogP contribution in [0, 0.1) is 0 Å². The van der Waals surface area contributed by atoms with E-state index in [1.165, 1.54) is 18.2 Å². The van der Waals surface area contributed by atoms with Crippen LogP contribution in [0.5, 0.6) is 0 Å². The normalized spacial score (nSPS) is 11.4. The van der Waals surface area contributed by atoms with Crippen LogP contribution >= 0.6 is 15.9 Å². The van der Waals surface area contributed by atoms with Crippen LogP contribution in [-0.4, -0.2) is 5.78 Å². The lowest BCUT2D eigenvalue weighted by Crippen LogP contribution is -2.07. The van der Waals surface area contributed by atoms with E-state index in [4.69, 9.17) is 5.73 Å². The lowest BCUT2D eigenvalue weighted by Gasteiger charge is -2.08. The van der Waals surface area contributed by atoms with Gasteiger partial charge in [-0.25, -0.2) is 0 Å². The minimum Gasteiger partial charge on any atom is -0.399 e. The van der Waals surface area contributed by atoms with Crippen molar-refractivity contribution in [3.05, 3.63) is 63.6 Å². The van der Waals surface area contributed by atoms with Gasteiger partial charge in [-0.05, 0) is 35.9 Å². The minimum atomic E-state index is -4.37. The zero-order valence-corrected chi connectivity index (χ0v) is 12.3. The van der Waals surface area contributed by atoms with Crippen LogP contribution in [-0.2, 0) is 12.6 Å². The summed E-state index contributed by atoms with van der Waals surface area (Å²) in [5.41, 5.74) is 6.30. The third kappa shape index (κ3) is 4.07. The second-order valence-corrected chi connectivity index (χ2v) is 5.48. The molecule has 21 heavy (non-hydrogen) atoms. The summed E-state index contributed by atoms with van der Waals surface area (Å²) in [7, 11) is 0. The maximum absolute atomic E-state index is 12.4. The number of nitrogen functional groups attached to an aromatic ring is 1. The van der Waals surface area contributed by atoms with E-state index in [1.807, 2.05) is 0 Å². The quantitative estimate of drug-likeness (QED) is 0.650. The molecule has 0 aliphatic heterocycles. The molecule has 0 spiro atoms. The van der Waals surface area contributed by atoms with Crippen molar-refractivity contribution >= 4 is 27.4 Å². The second kappa shape index (κ2) is 5.89. The number of hydrogen-bond donors (Lipinski definition) is 1. The van der Waals surface area contributed by atoms with Crippen LogP contribution in [0.2, 0.25) is 0 Å². The molecule has 2 nitrogen and oxygen atoms in total. The van der Waals surface area contributed by atoms with Gasteiger partial charge in [0, 0.05) is 22.1 Å². The lowest BCUT2D eigenvalue weighted by atomic mass is 10.0. The molecule has 0 saturated carbocycles. The monoisotopic (exact) mass is 357 g/mol. The number of anilines is 1. The summed E-state index contributed by atoms with van der Waals surface area (Å²) in [6.45, 7) is 0. The molecule has 0 heterocycles. The summed E-state index contributed by atoms with van der Waals surface area (Å²) >= 11 is 3.24. The SMILES string of the molecule is Nc1cc(Br)cc(C(=O)Cc2ccc(C(F)(F)F)cc2)c1. The molecule has 6 heteroatoms. The number of nitrogens with two attached hydrogens (primary N) is 1. The molecule has 2 aromatic carbocycles. The van der Waals surface area contributed by atoms with Gasteiger partial charge in [-0.15, -0.1) is 0 Å². The molecule has 2 N–H and O–H groups in total. The highest BCUT2D eigenvalue weighted by atomic mass is 79.9. The molecule has 2 rings (SSSR count). The van der Waals surface area contributed by atoms with Crippen molar-refractivity contribution in [3.8, 4) is 0 Å². The third-order valence-corrected chi connectivity index (χ3v) is 3.35. The first-order chi connectivity index (χ1) is 9.75. The average molecular weight is 358 g/mol. The molecular formula is C15H11BrF3NO. The predicted octanol–water partition coefficient (Wildman–Crippen LogP) is 4.48. The maximum Gasteiger partial charge on any atom is 0.416 e. The van der Waals surface area contributed by atoms with Gasteiger partial charge in [-0.2, -0.15) is 13.2 Å². The van der Waals surface area contributed by atoms with Gasteiger partial charge in [-0.1, -0.05) is 28.1 Å². The van der Waals surface area contributed by atoms with E-state index in [0.29, 0.717) is 21.3 Å². The number of benzene rings is 2. The van der Waals surface area contributed by atoms with Crippen molar-refractivity contribution in [1.29, 1.82) is 0 Å². The van der Waals surface area contributed by atoms with E-state index in [9.17, 15) is 18.0 Å². The van der Waals surface area contributed by atoms with Gasteiger partial charge in [0.15, 0.2) is 5.78 Å². The fourth-order valence-corrected chi connectivity index (χ4v) is 2.38. The first-order valence-corrected chi connectivity index (χ1v) is 6.80. The highest BCUT2D eigenvalue weighted by Gasteiger charge is 2.29. The Balaban J connectivity index is 2.16. The first-order valence-electron chi connectivity index (χ1n) is 6.01. The number of halogens is 4. The van der Waals surface area contributed by atoms with Crippen LogP contribution in [0.25, 0.3) is 0 Å². The van der Waals surface area contributed by atoms with Gasteiger partial charge >= 0.3 is 6.18 Å². The Morgan fingerprint density at radius 3 is 2.24 bits per heavy atom. The molecule has 0 aromatic heterocycles. The van der Waals surface area contributed by atoms with Gasteiger partial charge < -0.3 is 5.73 Å². The van der Waals surface area contributed by atoms with Crippen molar-refractivity contribution in [1.82, 2.24) is 0 Å². The lowest BCUT2D eigenvalue weighted by molar-refractivity contribution is -0.137. The maximum atomic E-state index is 12.4. The Labute approximate surface area is 127 Å². The van der Waals surface area contributed by atoms with Gasteiger partial charge in [0.05, 0.1) is 5.56 Å². The first kappa shape index (κ1) is 15.6. The number of Topliss-reactive ketones (excluding diaryl/α,β-unsaturated/α-hetero) is 1. The van der Waals surface area contributed by atoms with Crippen LogP contribution in [0.15, 0.2) is 46.9 Å². The van der Waals surface area contributed by atoms with E-state index in [0.717, 1.165) is 12.1 Å². The van der Waals surface area contributed by atoms with Gasteiger partial charge in [0.2, 0.25) is 0 Å². The molecule has 0 saturated heterocycles. The van der Waals surface area contributed by atoms with E-state index >= 15 is 0 Å². The Kier molecular flexibility index (Phi) is 4.37. The molecule has 0 aliphatic rings. The van der Waals surface area contributed by atoms with Gasteiger partial charge in [-0.3, -0.25) is 4.79 Å². The van der Waals surface area contributed by atoms with Crippen LogP contribution in [0.4, 0.5) is 18.9 Å². The number of alkyl halides is 3. The van der Waals surface area contributed by atoms with E-state index in [1.54, 1.807) is 12.1 Å². The third-order valence-electron chi connectivity index (χ3n) is 2.89. The summed E-state index contributed by atoms with van der Waals surface area (Å²) in [5, 5.41) is 0. The highest BCUT2D eigenvalue weighted by Crippen LogP contribution is 2.29. The number of ketones is 1. The molecule has 0 aliphatic carbocycles. The van der Waals surface area contributed by atoms with E-state index in [2.05, 4.69) is 15.9 Å². The standard InChI is InChI=1S/C15H11BrF3NO/c16-12-6-10(7-13(20)8-12)14(21)5-9-1-3-11(4-2-9)15(17,18)19/h1-4,6-8H,5,20H2. The summed E-state index contributed by atoms with van der Waals surface area (Å²) < 4.78 is 38.0. The van der Waals surface area contributed by atoms with Gasteiger partial charge in [0.25, 0.3) is 0 Å². The molecule has 0 amide bonds. The zero-order chi connectivity index (χ0) is 15.6. The van der Waals surface area contributed by atoms with Crippen LogP contribution in [0.3, 0.4) is 0 Å². The van der Waals surface area contributed by atoms with Crippen molar-refractivity contribution in [2.75, 3.05) is 5.73 Å². The smallest absolute Gasteiger partial charge is 0.399 e. The molecule has 0 fully saturated rings. The molecule has 0 unspecified atom stereocenters. The minimum absolute atomic E-state index is 0.0219. The molecule has 110 valence electrons. The molecule has 0 atom stereocenters. The topological polar surface area (TPSA) is 43.1 Å². The van der Waals surface area contributed by atoms with Gasteiger partial charge in [0.1, 0.15) is 0 Å². The van der Waals surface area contributed by atoms with E-state index in [-0.39, 0.29) is 12.2 Å². The number of rotatable bonds is 3. The zero-order valence-electron chi connectivity index (χ0n) is 10.7. The molecular weight excluding hydrogens is 347 g/mol. The Bertz CT molecular complexity index is 645. The number of hydrogen-bond acceptors (Lipinski definition) is 2. The second-order valence-electron chi connectivity index (χ2n) is 4.57. The highest BCUT2D eigenvalue weighted by molar-refractivity contribution is 9.10. The predicted molar refractivity (Wildman–Crippen MR) is 78.0 cm³/mol. The largest absolute Gasteiger partial charge is 0.416 e. The molecule has 0 bridgehead atoms. The van der Waals surface area contributed by atoms with Crippen molar-refractivity contribution < 1.29 is 18.0 Å². The Hall–Kier alpha value is -1.82. The van der Waals surface area contributed by atoms with E-state index < -0.39 is 11.7 Å². The number of carbonyl (C=O) groups excluding carboxylic acids is 1. The average Bonchev–Trinajstić information content (AvgIpc) is 2.37. The summed E-state index contributed by atoms with van der Waals surface area (Å²) in [6.07, 6.45) is -4.35. The molecule has 2 aromatic rings. The fourth-order valence-electron chi connectivity index (χ4n) is 1.87. The van der Waals surface area contributed by atoms with Crippen molar-refractivity contribution in [2.45, 2.75) is 12.6 Å². The summed E-state index contributed by atoms with van der Waals surface area (Å²) in [5.74, 6) is -0.206. The summed E-state index contributed by atoms with van der Waals surface area (Å²) in [4.78, 5) is 12.1.